The van der Waals surface area contributed by atoms with E-state index in [1.54, 1.807) is 6.92 Å². The van der Waals surface area contributed by atoms with E-state index in [2.05, 4.69) is 9.73 Å². The van der Waals surface area contributed by atoms with Crippen LogP contribution in [0.15, 0.2) is 4.99 Å². The van der Waals surface area contributed by atoms with E-state index in [0.29, 0.717) is 6.61 Å². The van der Waals surface area contributed by atoms with Crippen molar-refractivity contribution in [2.24, 2.45) is 4.99 Å². The maximum atomic E-state index is 10.6. The Kier molecular flexibility index (Phi) is 4.54. The van der Waals surface area contributed by atoms with Gasteiger partial charge in [0.05, 0.1) is 6.61 Å². The molecule has 0 bridgehead atoms. The number of carbonyl (C=O) groups excluding carboxylic acids is 1. The van der Waals surface area contributed by atoms with Gasteiger partial charge in [-0.25, -0.2) is 0 Å². The van der Waals surface area contributed by atoms with Gasteiger partial charge in [0.1, 0.15) is 6.54 Å². The van der Waals surface area contributed by atoms with Crippen LogP contribution in [-0.4, -0.2) is 24.8 Å². The molecule has 0 unspecified atom stereocenters. The Morgan fingerprint density at radius 3 is 2.50 bits per heavy atom. The van der Waals surface area contributed by atoms with Gasteiger partial charge in [-0.15, -0.1) is 0 Å². The van der Waals surface area contributed by atoms with Crippen LogP contribution in [0.4, 0.5) is 0 Å². The van der Waals surface area contributed by atoms with Gasteiger partial charge in [0, 0.05) is 5.71 Å². The fourth-order valence-corrected chi connectivity index (χ4v) is 0.429. The molecule has 0 N–H and O–H groups in total. The number of hydrogen-bond acceptors (Lipinski definition) is 3. The van der Waals surface area contributed by atoms with Crippen LogP contribution >= 0.6 is 0 Å². The second kappa shape index (κ2) is 4.97. The van der Waals surface area contributed by atoms with Crippen LogP contribution in [0.5, 0.6) is 0 Å². The standard InChI is InChI=1S/C7H13NO2/c1-4-10-7(9)5-8-6(2)3/h4-5H2,1-3H3. The van der Waals surface area contributed by atoms with Crippen molar-refractivity contribution in [2.45, 2.75) is 20.8 Å². The van der Waals surface area contributed by atoms with Crippen molar-refractivity contribution in [3.05, 3.63) is 0 Å². The number of rotatable bonds is 3. The van der Waals surface area contributed by atoms with Gasteiger partial charge in [0.25, 0.3) is 0 Å². The Hall–Kier alpha value is -0.860. The molecular weight excluding hydrogens is 130 g/mol. The monoisotopic (exact) mass is 143 g/mol. The third kappa shape index (κ3) is 5.28. The first-order valence-corrected chi connectivity index (χ1v) is 3.30. The van der Waals surface area contributed by atoms with E-state index in [9.17, 15) is 4.79 Å². The average Bonchev–Trinajstić information content (AvgIpc) is 1.85. The van der Waals surface area contributed by atoms with Crippen LogP contribution in [-0.2, 0) is 9.53 Å². The average molecular weight is 143 g/mol. The predicted molar refractivity (Wildman–Crippen MR) is 40.3 cm³/mol. The zero-order chi connectivity index (χ0) is 7.98. The van der Waals surface area contributed by atoms with E-state index in [1.165, 1.54) is 0 Å². The maximum Gasteiger partial charge on any atom is 0.327 e. The minimum absolute atomic E-state index is 0.149. The molecule has 10 heavy (non-hydrogen) atoms. The van der Waals surface area contributed by atoms with Crippen LogP contribution in [0.3, 0.4) is 0 Å². The Bertz CT molecular complexity index is 137. The molecule has 3 nitrogen and oxygen atoms in total. The highest BCUT2D eigenvalue weighted by molar-refractivity contribution is 5.82. The highest BCUT2D eigenvalue weighted by atomic mass is 16.5. The Morgan fingerprint density at radius 1 is 1.50 bits per heavy atom. The summed E-state index contributed by atoms with van der Waals surface area (Å²) in [5.74, 6) is -0.260. The third-order valence-corrected chi connectivity index (χ3v) is 0.830. The molecule has 0 radical (unpaired) electrons. The topological polar surface area (TPSA) is 38.7 Å². The summed E-state index contributed by atoms with van der Waals surface area (Å²) in [6, 6.07) is 0. The smallest absolute Gasteiger partial charge is 0.327 e. The fraction of sp³-hybridized carbons (Fsp3) is 0.714. The molecule has 0 aromatic rings. The highest BCUT2D eigenvalue weighted by Crippen LogP contribution is 1.81. The van der Waals surface area contributed by atoms with Crippen molar-refractivity contribution >= 4 is 11.7 Å². The van der Waals surface area contributed by atoms with Gasteiger partial charge in [-0.3, -0.25) is 9.79 Å². The Balaban J connectivity index is 3.49. The summed E-state index contributed by atoms with van der Waals surface area (Å²) in [7, 11) is 0. The van der Waals surface area contributed by atoms with Gasteiger partial charge in [-0.05, 0) is 20.8 Å². The van der Waals surface area contributed by atoms with Crippen molar-refractivity contribution in [2.75, 3.05) is 13.2 Å². The van der Waals surface area contributed by atoms with Crippen LogP contribution in [0.2, 0.25) is 0 Å². The van der Waals surface area contributed by atoms with E-state index in [0.717, 1.165) is 5.71 Å². The van der Waals surface area contributed by atoms with E-state index in [-0.39, 0.29) is 12.5 Å². The summed E-state index contributed by atoms with van der Waals surface area (Å²) in [6.07, 6.45) is 0. The molecule has 0 heterocycles. The molecule has 3 heteroatoms. The lowest BCUT2D eigenvalue weighted by atomic mass is 10.5. The summed E-state index contributed by atoms with van der Waals surface area (Å²) in [4.78, 5) is 14.5. The molecule has 0 fully saturated rings. The Labute approximate surface area is 61.1 Å². The largest absolute Gasteiger partial charge is 0.465 e. The lowest BCUT2D eigenvalue weighted by molar-refractivity contribution is -0.141. The maximum absolute atomic E-state index is 10.6. The fourth-order valence-electron chi connectivity index (χ4n) is 0.429. The number of nitrogens with zero attached hydrogens (tertiary/aromatic N) is 1. The quantitative estimate of drug-likeness (QED) is 0.437. The molecule has 0 atom stereocenters. The van der Waals surface area contributed by atoms with Gasteiger partial charge >= 0.3 is 5.97 Å². The van der Waals surface area contributed by atoms with E-state index in [1.807, 2.05) is 13.8 Å². The molecule has 0 aliphatic carbocycles. The predicted octanol–water partition coefficient (Wildman–Crippen LogP) is 1.03. The summed E-state index contributed by atoms with van der Waals surface area (Å²) in [5, 5.41) is 0. The van der Waals surface area contributed by atoms with Crippen molar-refractivity contribution in [3.63, 3.8) is 0 Å². The number of carbonyl (C=O) groups is 1. The van der Waals surface area contributed by atoms with Gasteiger partial charge in [0.2, 0.25) is 0 Å². The first kappa shape index (κ1) is 9.14. The van der Waals surface area contributed by atoms with E-state index < -0.39 is 0 Å². The molecule has 0 spiro atoms. The van der Waals surface area contributed by atoms with Gasteiger partial charge in [-0.1, -0.05) is 0 Å². The van der Waals surface area contributed by atoms with Crippen molar-refractivity contribution in [1.82, 2.24) is 0 Å². The minimum Gasteiger partial charge on any atom is -0.465 e. The number of aliphatic imine (C=N–C) groups is 1. The van der Waals surface area contributed by atoms with Gasteiger partial charge < -0.3 is 4.74 Å². The van der Waals surface area contributed by atoms with Gasteiger partial charge in [-0.2, -0.15) is 0 Å². The van der Waals surface area contributed by atoms with Gasteiger partial charge in [0.15, 0.2) is 0 Å². The van der Waals surface area contributed by atoms with Crippen molar-refractivity contribution < 1.29 is 9.53 Å². The van der Waals surface area contributed by atoms with Crippen LogP contribution in [0.1, 0.15) is 20.8 Å². The second-order valence-electron chi connectivity index (χ2n) is 2.07. The zero-order valence-electron chi connectivity index (χ0n) is 6.68. The summed E-state index contributed by atoms with van der Waals surface area (Å²) >= 11 is 0. The zero-order valence-corrected chi connectivity index (χ0v) is 6.68. The molecule has 0 aliphatic rings. The Morgan fingerprint density at radius 2 is 2.10 bits per heavy atom. The molecule has 0 rings (SSSR count). The number of esters is 1. The summed E-state index contributed by atoms with van der Waals surface area (Å²) in [6.45, 7) is 6.05. The normalized spacial score (nSPS) is 8.70. The highest BCUT2D eigenvalue weighted by Gasteiger charge is 1.96. The lowest BCUT2D eigenvalue weighted by Gasteiger charge is -1.96. The number of hydrogen-bond donors (Lipinski definition) is 0. The molecule has 0 saturated carbocycles. The van der Waals surface area contributed by atoms with E-state index >= 15 is 0 Å². The van der Waals surface area contributed by atoms with Crippen LogP contribution in [0, 0.1) is 0 Å². The van der Waals surface area contributed by atoms with Crippen LogP contribution < -0.4 is 0 Å². The molecule has 0 aromatic heterocycles. The first-order chi connectivity index (χ1) is 4.66. The third-order valence-electron chi connectivity index (χ3n) is 0.830. The molecule has 0 saturated heterocycles. The minimum atomic E-state index is -0.260. The number of ether oxygens (including phenoxy) is 1. The van der Waals surface area contributed by atoms with Crippen LogP contribution in [0.25, 0.3) is 0 Å². The summed E-state index contributed by atoms with van der Waals surface area (Å²) in [5.41, 5.74) is 0.896. The molecule has 0 amide bonds. The summed E-state index contributed by atoms with van der Waals surface area (Å²) < 4.78 is 4.65. The van der Waals surface area contributed by atoms with Crippen molar-refractivity contribution in [1.29, 1.82) is 0 Å². The second-order valence-corrected chi connectivity index (χ2v) is 2.07. The van der Waals surface area contributed by atoms with E-state index in [4.69, 9.17) is 0 Å². The molecule has 0 aliphatic heterocycles. The first-order valence-electron chi connectivity index (χ1n) is 3.30. The molecule has 58 valence electrons. The molecule has 0 aromatic carbocycles. The van der Waals surface area contributed by atoms with Crippen molar-refractivity contribution in [3.8, 4) is 0 Å². The lowest BCUT2D eigenvalue weighted by Crippen LogP contribution is -2.08. The SMILES string of the molecule is CCOC(=O)CN=C(C)C. The molecular formula is C7H13NO2.